The summed E-state index contributed by atoms with van der Waals surface area (Å²) in [4.78, 5) is 23.5. The van der Waals surface area contributed by atoms with Crippen molar-refractivity contribution < 1.29 is 18.7 Å². The van der Waals surface area contributed by atoms with Crippen molar-refractivity contribution in [2.45, 2.75) is 32.9 Å². The lowest BCUT2D eigenvalue weighted by Crippen LogP contribution is -2.49. The number of methoxy groups -OCH3 is 1. The van der Waals surface area contributed by atoms with Gasteiger partial charge in [0.05, 0.1) is 7.11 Å². The van der Waals surface area contributed by atoms with Gasteiger partial charge in [-0.25, -0.2) is 14.0 Å². The van der Waals surface area contributed by atoms with Gasteiger partial charge in [-0.15, -0.1) is 0 Å². The van der Waals surface area contributed by atoms with Crippen LogP contribution in [0.3, 0.4) is 0 Å². The molecule has 0 aliphatic carbocycles. The molecule has 1 aromatic carbocycles. The molecule has 116 valence electrons. The fraction of sp³-hybridized carbons (Fsp3) is 0.467. The minimum atomic E-state index is -0.687. The summed E-state index contributed by atoms with van der Waals surface area (Å²) in [5, 5.41) is 5.23. The van der Waals surface area contributed by atoms with Crippen molar-refractivity contribution >= 4 is 12.0 Å². The second-order valence-electron chi connectivity index (χ2n) is 4.84. The zero-order valence-corrected chi connectivity index (χ0v) is 12.5. The first kappa shape index (κ1) is 16.9. The Hall–Kier alpha value is -2.11. The van der Waals surface area contributed by atoms with Gasteiger partial charge >= 0.3 is 12.0 Å². The number of esters is 1. The van der Waals surface area contributed by atoms with E-state index in [2.05, 4.69) is 15.4 Å². The molecule has 0 saturated carbocycles. The van der Waals surface area contributed by atoms with E-state index in [4.69, 9.17) is 0 Å². The van der Waals surface area contributed by atoms with E-state index in [0.717, 1.165) is 12.0 Å². The number of hydrogen-bond donors (Lipinski definition) is 2. The van der Waals surface area contributed by atoms with Gasteiger partial charge < -0.3 is 15.4 Å². The lowest BCUT2D eigenvalue weighted by molar-refractivity contribution is -0.144. The van der Waals surface area contributed by atoms with E-state index < -0.39 is 18.0 Å². The maximum Gasteiger partial charge on any atom is 0.328 e. The highest BCUT2D eigenvalue weighted by molar-refractivity contribution is 5.83. The Morgan fingerprint density at radius 1 is 1.29 bits per heavy atom. The third-order valence-electron chi connectivity index (χ3n) is 3.32. The minimum Gasteiger partial charge on any atom is -0.467 e. The van der Waals surface area contributed by atoms with Gasteiger partial charge in [-0.05, 0) is 23.6 Å². The van der Waals surface area contributed by atoms with Crippen LogP contribution in [0.25, 0.3) is 0 Å². The van der Waals surface area contributed by atoms with Crippen LogP contribution in [0.4, 0.5) is 9.18 Å². The number of rotatable bonds is 6. The first-order valence-corrected chi connectivity index (χ1v) is 6.84. The monoisotopic (exact) mass is 296 g/mol. The number of carbonyl (C=O) groups is 2. The largest absolute Gasteiger partial charge is 0.467 e. The number of benzene rings is 1. The van der Waals surface area contributed by atoms with E-state index in [1.807, 2.05) is 13.8 Å². The predicted octanol–water partition coefficient (Wildman–Crippen LogP) is 2.21. The maximum absolute atomic E-state index is 12.8. The van der Waals surface area contributed by atoms with E-state index in [1.54, 1.807) is 12.1 Å². The highest BCUT2D eigenvalue weighted by Gasteiger charge is 2.26. The third kappa shape index (κ3) is 5.41. The molecular weight excluding hydrogens is 275 g/mol. The maximum atomic E-state index is 12.8. The Labute approximate surface area is 123 Å². The smallest absolute Gasteiger partial charge is 0.328 e. The van der Waals surface area contributed by atoms with Gasteiger partial charge in [0.25, 0.3) is 0 Å². The highest BCUT2D eigenvalue weighted by atomic mass is 19.1. The van der Waals surface area contributed by atoms with Crippen LogP contribution in [0.2, 0.25) is 0 Å². The molecule has 21 heavy (non-hydrogen) atoms. The fourth-order valence-corrected chi connectivity index (χ4v) is 1.77. The summed E-state index contributed by atoms with van der Waals surface area (Å²) < 4.78 is 17.5. The van der Waals surface area contributed by atoms with Crippen molar-refractivity contribution in [1.82, 2.24) is 10.6 Å². The second kappa shape index (κ2) is 8.24. The average molecular weight is 296 g/mol. The van der Waals surface area contributed by atoms with E-state index in [9.17, 15) is 14.0 Å². The van der Waals surface area contributed by atoms with Crippen LogP contribution in [-0.4, -0.2) is 25.2 Å². The van der Waals surface area contributed by atoms with Crippen molar-refractivity contribution in [3.63, 3.8) is 0 Å². The SMILES string of the molecule is CC[C@H](C)[C@H](NC(=O)NCc1ccc(F)cc1)C(=O)OC. The lowest BCUT2D eigenvalue weighted by atomic mass is 9.99. The molecule has 0 bridgehead atoms. The molecule has 2 amide bonds. The number of ether oxygens (including phenoxy) is 1. The molecular formula is C15H21FN2O3. The molecule has 0 aliphatic rings. The van der Waals surface area contributed by atoms with Crippen LogP contribution in [-0.2, 0) is 16.1 Å². The number of nitrogens with one attached hydrogen (secondary N) is 2. The van der Waals surface area contributed by atoms with Crippen LogP contribution in [0.1, 0.15) is 25.8 Å². The Balaban J connectivity index is 2.53. The highest BCUT2D eigenvalue weighted by Crippen LogP contribution is 2.09. The molecule has 2 atom stereocenters. The van der Waals surface area contributed by atoms with Crippen molar-refractivity contribution in [2.24, 2.45) is 5.92 Å². The predicted molar refractivity (Wildman–Crippen MR) is 77.0 cm³/mol. The summed E-state index contributed by atoms with van der Waals surface area (Å²) >= 11 is 0. The summed E-state index contributed by atoms with van der Waals surface area (Å²) in [6, 6.07) is 4.67. The van der Waals surface area contributed by atoms with Crippen LogP contribution < -0.4 is 10.6 Å². The average Bonchev–Trinajstić information content (AvgIpc) is 2.50. The number of carbonyl (C=O) groups excluding carboxylic acids is 2. The van der Waals surface area contributed by atoms with Gasteiger partial charge in [-0.1, -0.05) is 32.4 Å². The Morgan fingerprint density at radius 2 is 1.90 bits per heavy atom. The van der Waals surface area contributed by atoms with Gasteiger partial charge in [-0.2, -0.15) is 0 Å². The standard InChI is InChI=1S/C15H21FN2O3/c1-4-10(2)13(14(19)21-3)18-15(20)17-9-11-5-7-12(16)8-6-11/h5-8,10,13H,4,9H2,1-3H3,(H2,17,18,20)/t10-,13-/m0/s1. The van der Waals surface area contributed by atoms with Crippen LogP contribution in [0, 0.1) is 11.7 Å². The number of hydrogen-bond acceptors (Lipinski definition) is 3. The van der Waals surface area contributed by atoms with Crippen molar-refractivity contribution in [3.05, 3.63) is 35.6 Å². The first-order chi connectivity index (χ1) is 9.97. The van der Waals surface area contributed by atoms with Gasteiger partial charge in [0.15, 0.2) is 0 Å². The summed E-state index contributed by atoms with van der Waals surface area (Å²) in [6.45, 7) is 4.04. The lowest BCUT2D eigenvalue weighted by Gasteiger charge is -2.22. The third-order valence-corrected chi connectivity index (χ3v) is 3.32. The molecule has 1 aromatic rings. The quantitative estimate of drug-likeness (QED) is 0.791. The minimum absolute atomic E-state index is 0.0333. The molecule has 0 aromatic heterocycles. The molecule has 0 aliphatic heterocycles. The Bertz CT molecular complexity index is 476. The van der Waals surface area contributed by atoms with Crippen LogP contribution >= 0.6 is 0 Å². The van der Waals surface area contributed by atoms with Crippen molar-refractivity contribution in [3.8, 4) is 0 Å². The van der Waals surface area contributed by atoms with E-state index in [-0.39, 0.29) is 18.3 Å². The molecule has 0 saturated heterocycles. The number of urea groups is 1. The van der Waals surface area contributed by atoms with Gasteiger partial charge in [0.2, 0.25) is 0 Å². The molecule has 6 heteroatoms. The number of amides is 2. The van der Waals surface area contributed by atoms with E-state index in [0.29, 0.717) is 0 Å². The molecule has 1 rings (SSSR count). The van der Waals surface area contributed by atoms with E-state index >= 15 is 0 Å². The molecule has 0 heterocycles. The fourth-order valence-electron chi connectivity index (χ4n) is 1.77. The molecule has 2 N–H and O–H groups in total. The van der Waals surface area contributed by atoms with Crippen LogP contribution in [0.5, 0.6) is 0 Å². The molecule has 0 unspecified atom stereocenters. The topological polar surface area (TPSA) is 67.4 Å². The molecule has 0 fully saturated rings. The Kier molecular flexibility index (Phi) is 6.65. The van der Waals surface area contributed by atoms with Crippen molar-refractivity contribution in [1.29, 1.82) is 0 Å². The molecule has 0 radical (unpaired) electrons. The van der Waals surface area contributed by atoms with Gasteiger partial charge in [0, 0.05) is 6.54 Å². The molecule has 0 spiro atoms. The normalized spacial score (nSPS) is 13.1. The van der Waals surface area contributed by atoms with Gasteiger partial charge in [0.1, 0.15) is 11.9 Å². The van der Waals surface area contributed by atoms with Crippen LogP contribution in [0.15, 0.2) is 24.3 Å². The van der Waals surface area contributed by atoms with Gasteiger partial charge in [-0.3, -0.25) is 0 Å². The van der Waals surface area contributed by atoms with E-state index in [1.165, 1.54) is 19.2 Å². The zero-order valence-electron chi connectivity index (χ0n) is 12.5. The Morgan fingerprint density at radius 3 is 2.43 bits per heavy atom. The summed E-state index contributed by atoms with van der Waals surface area (Å²) in [5.74, 6) is -0.832. The summed E-state index contributed by atoms with van der Waals surface area (Å²) in [6.07, 6.45) is 0.734. The second-order valence-corrected chi connectivity index (χ2v) is 4.84. The van der Waals surface area contributed by atoms with Crippen molar-refractivity contribution in [2.75, 3.05) is 7.11 Å². The first-order valence-electron chi connectivity index (χ1n) is 6.84. The summed E-state index contributed by atoms with van der Waals surface area (Å²) in [5.41, 5.74) is 0.768. The molecule has 5 nitrogen and oxygen atoms in total. The number of halogens is 1. The summed E-state index contributed by atoms with van der Waals surface area (Å²) in [7, 11) is 1.29. The zero-order chi connectivity index (χ0) is 15.8.